The number of pyridine rings is 7. The highest BCUT2D eigenvalue weighted by Crippen LogP contribution is 2.45. The zero-order valence-electron chi connectivity index (χ0n) is 78.7. The summed E-state index contributed by atoms with van der Waals surface area (Å²) in [6.45, 7) is 0. The second-order valence-electron chi connectivity index (χ2n) is 35.7. The minimum atomic E-state index is 0.596. The van der Waals surface area contributed by atoms with E-state index in [1.807, 2.05) is 176 Å². The SMILES string of the molecule is c1ccc(-c2ccc(-c3nc(-c4ccccc4)nc(-c4ccc(-n5c6ccccc6c6c7occc7ccc65)cc4)n3)cc2)cc1.c1ccc2c(c1)c1c3occc3ccc1n2-c1cc(-c2ccncc2)cc(-c2ccncc2)n1.c1ccc2c(c1)c1c3occc3ccc1n2-c1cc(-c2ccncc2)nc(-c2ccncc2)n1.c1ccc2c(c1)c1c3occc3ccc1n2-c1nc(-c2ccncc2)cc(-c2ccncc2)n1. The molecule has 0 saturated heterocycles. The molecule has 0 atom stereocenters. The smallest absolute Gasteiger partial charge is 0.235 e. The van der Waals surface area contributed by atoms with Crippen LogP contribution < -0.4 is 0 Å². The Morgan fingerprint density at radius 3 is 0.865 bits per heavy atom. The summed E-state index contributed by atoms with van der Waals surface area (Å²) in [5.41, 5.74) is 28.6. The summed E-state index contributed by atoms with van der Waals surface area (Å²) in [5, 5.41) is 13.2. The second-order valence-corrected chi connectivity index (χ2v) is 35.7. The molecule has 0 aliphatic rings. The lowest BCUT2D eigenvalue weighted by Crippen LogP contribution is -2.04. The van der Waals surface area contributed by atoms with E-state index in [4.69, 9.17) is 57.5 Å². The van der Waals surface area contributed by atoms with E-state index in [1.165, 1.54) is 5.56 Å². The standard InChI is InChI=1S/C41H26N4O.C29H18N4O.2C28H17N5O/c1-3-9-27(10-4-1)28-15-17-31(18-16-28)40-42-39(30-11-5-2-6-12-30)43-41(44-40)32-19-22-33(23-20-32)45-35-14-8-7-13-34(35)37-36(45)24-21-29-25-26-46-38(29)37;1-2-4-25-23(3-1)28-26(6-5-21-11-16-34-29(21)28)33(25)27-18-22(19-7-12-30-13-8-19)17-24(32-27)20-9-14-31-15-10-20;1-2-4-24-21(3-1)26-25(6-5-20-11-16-34-27(20)26)33(24)28-31-22(18-7-12-29-13-8-18)17-23(32-28)19-9-14-30-15-10-19;1-2-4-23-21(3-1)26-24(6-5-19-11-16-34-27(19)26)33(23)25-17-22(18-7-12-29-13-8-18)31-28(32-25)20-9-14-30-15-10-20/h1-26H;1-18H;2*1-17H. The van der Waals surface area contributed by atoms with Gasteiger partial charge < -0.3 is 22.2 Å². The molecule has 0 fully saturated rings. The van der Waals surface area contributed by atoms with Gasteiger partial charge in [0, 0.05) is 174 Å². The van der Waals surface area contributed by atoms with Crippen LogP contribution in [-0.2, 0) is 0 Å². The lowest BCUT2D eigenvalue weighted by atomic mass is 10.0. The summed E-state index contributed by atoms with van der Waals surface area (Å²) >= 11 is 0. The number of nitrogens with zero attached hydrogens (tertiary/aromatic N) is 18. The van der Waals surface area contributed by atoms with Crippen LogP contribution in [0.3, 0.4) is 0 Å². The number of furan rings is 4. The summed E-state index contributed by atoms with van der Waals surface area (Å²) in [4.78, 5) is 64.9. The fourth-order valence-electron chi connectivity index (χ4n) is 20.2. The minimum absolute atomic E-state index is 0.596. The number of rotatable bonds is 14. The van der Waals surface area contributed by atoms with Crippen LogP contribution >= 0.6 is 0 Å². The van der Waals surface area contributed by atoms with Crippen molar-refractivity contribution in [2.75, 3.05) is 0 Å². The van der Waals surface area contributed by atoms with Crippen molar-refractivity contribution in [2.24, 2.45) is 0 Å². The predicted molar refractivity (Wildman–Crippen MR) is 586 cm³/mol. The van der Waals surface area contributed by atoms with E-state index in [0.29, 0.717) is 29.2 Å². The maximum absolute atomic E-state index is 5.95. The fourth-order valence-corrected chi connectivity index (χ4v) is 20.2. The van der Waals surface area contributed by atoms with Crippen molar-refractivity contribution in [3.8, 4) is 136 Å². The first-order valence-corrected chi connectivity index (χ1v) is 48.3. The number of fused-ring (bicyclic) bond motifs is 20. The van der Waals surface area contributed by atoms with Crippen molar-refractivity contribution >= 4 is 131 Å². The van der Waals surface area contributed by atoms with Crippen LogP contribution in [0.4, 0.5) is 0 Å². The molecular formula is C126H78N18O4. The highest BCUT2D eigenvalue weighted by Gasteiger charge is 2.26. The largest absolute Gasteiger partial charge is 0.464 e. The molecule has 0 N–H and O–H groups in total. The Bertz CT molecular complexity index is 9410. The molecule has 0 radical (unpaired) electrons. The van der Waals surface area contributed by atoms with E-state index in [-0.39, 0.29) is 0 Å². The topological polar surface area (TPSA) is 253 Å². The van der Waals surface area contributed by atoms with Gasteiger partial charge in [-0.25, -0.2) is 39.9 Å². The highest BCUT2D eigenvalue weighted by atomic mass is 16.3. The Morgan fingerprint density at radius 1 is 0.169 bits per heavy atom. The Morgan fingerprint density at radius 2 is 0.453 bits per heavy atom. The van der Waals surface area contributed by atoms with Crippen molar-refractivity contribution < 1.29 is 17.7 Å². The quantitative estimate of drug-likeness (QED) is 0.0980. The van der Waals surface area contributed by atoms with Gasteiger partial charge >= 0.3 is 0 Å². The average Bonchev–Trinajstić information content (AvgIpc) is 1.59. The second kappa shape index (κ2) is 37.0. The first-order chi connectivity index (χ1) is 73.4. The number of benzene rings is 12. The van der Waals surface area contributed by atoms with Gasteiger partial charge in [0.05, 0.1) is 114 Å². The highest BCUT2D eigenvalue weighted by molar-refractivity contribution is 6.23. The van der Waals surface area contributed by atoms with Crippen molar-refractivity contribution in [3.63, 3.8) is 0 Å². The van der Waals surface area contributed by atoms with Crippen LogP contribution in [0.1, 0.15) is 0 Å². The minimum Gasteiger partial charge on any atom is -0.464 e. The third-order valence-electron chi connectivity index (χ3n) is 27.1. The molecule has 22 nitrogen and oxygen atoms in total. The van der Waals surface area contributed by atoms with E-state index in [9.17, 15) is 0 Å². The molecule has 0 aliphatic carbocycles. The normalized spacial score (nSPS) is 11.5. The van der Waals surface area contributed by atoms with Crippen molar-refractivity contribution in [1.82, 2.24) is 88.0 Å². The molecule has 18 aromatic heterocycles. The molecular weight excluding hydrogens is 1830 g/mol. The Balaban J connectivity index is 0.0000000983. The van der Waals surface area contributed by atoms with Gasteiger partial charge in [-0.15, -0.1) is 0 Å². The van der Waals surface area contributed by atoms with Crippen LogP contribution in [0, 0.1) is 0 Å². The van der Waals surface area contributed by atoms with E-state index >= 15 is 0 Å². The first kappa shape index (κ1) is 86.3. The lowest BCUT2D eigenvalue weighted by molar-refractivity contribution is 0.619. The molecule has 0 bridgehead atoms. The van der Waals surface area contributed by atoms with Crippen LogP contribution in [-0.4, -0.2) is 88.0 Å². The summed E-state index contributed by atoms with van der Waals surface area (Å²) in [7, 11) is 0. The molecule has 0 amide bonds. The zero-order chi connectivity index (χ0) is 97.9. The van der Waals surface area contributed by atoms with Crippen molar-refractivity contribution in [3.05, 3.63) is 476 Å². The van der Waals surface area contributed by atoms with E-state index < -0.39 is 0 Å². The van der Waals surface area contributed by atoms with Gasteiger partial charge in [-0.3, -0.25) is 43.6 Å². The summed E-state index contributed by atoms with van der Waals surface area (Å²) in [6.07, 6.45) is 28.4. The van der Waals surface area contributed by atoms with Crippen LogP contribution in [0.5, 0.6) is 0 Å². The van der Waals surface area contributed by atoms with Crippen LogP contribution in [0.15, 0.2) is 493 Å². The summed E-state index contributed by atoms with van der Waals surface area (Å²) in [6, 6.07) is 128. The maximum Gasteiger partial charge on any atom is 0.235 e. The molecule has 12 aromatic carbocycles. The van der Waals surface area contributed by atoms with Gasteiger partial charge in [-0.05, 0) is 235 Å². The van der Waals surface area contributed by atoms with Crippen LogP contribution in [0.2, 0.25) is 0 Å². The molecule has 22 heteroatoms. The van der Waals surface area contributed by atoms with Gasteiger partial charge in [0.25, 0.3) is 0 Å². The molecule has 30 rings (SSSR count). The van der Waals surface area contributed by atoms with Crippen molar-refractivity contribution in [1.29, 1.82) is 0 Å². The van der Waals surface area contributed by atoms with Gasteiger partial charge in [-0.1, -0.05) is 158 Å². The molecule has 0 unspecified atom stereocenters. The van der Waals surface area contributed by atoms with Gasteiger partial charge in [0.15, 0.2) is 23.3 Å². The molecule has 148 heavy (non-hydrogen) atoms. The van der Waals surface area contributed by atoms with E-state index in [2.05, 4.69) is 260 Å². The number of aromatic nitrogens is 18. The van der Waals surface area contributed by atoms with E-state index in [0.717, 1.165) is 232 Å². The Hall–Kier alpha value is -20.8. The average molecular weight is 1910 g/mol. The third kappa shape index (κ3) is 15.7. The van der Waals surface area contributed by atoms with Gasteiger partial charge in [-0.2, -0.15) is 0 Å². The van der Waals surface area contributed by atoms with Gasteiger partial charge in [0.2, 0.25) is 5.95 Å². The summed E-state index contributed by atoms with van der Waals surface area (Å²) < 4.78 is 32.5. The first-order valence-electron chi connectivity index (χ1n) is 48.3. The molecule has 0 aliphatic heterocycles. The Labute approximate surface area is 843 Å². The molecule has 0 saturated carbocycles. The number of hydrogen-bond donors (Lipinski definition) is 0. The zero-order valence-corrected chi connectivity index (χ0v) is 78.7. The lowest BCUT2D eigenvalue weighted by Gasteiger charge is -2.12. The third-order valence-corrected chi connectivity index (χ3v) is 27.1. The van der Waals surface area contributed by atoms with Crippen molar-refractivity contribution in [2.45, 2.75) is 0 Å². The summed E-state index contributed by atoms with van der Waals surface area (Å²) in [5.74, 6) is 4.76. The monoisotopic (exact) mass is 1910 g/mol. The fraction of sp³-hybridized carbons (Fsp3) is 0. The number of hydrogen-bond acceptors (Lipinski definition) is 18. The Kier molecular flexibility index (Phi) is 21.6. The molecule has 18 heterocycles. The van der Waals surface area contributed by atoms with Gasteiger partial charge in [0.1, 0.15) is 34.0 Å². The van der Waals surface area contributed by atoms with Crippen LogP contribution in [0.25, 0.3) is 267 Å². The molecule has 696 valence electrons. The predicted octanol–water partition coefficient (Wildman–Crippen LogP) is 30.3. The molecule has 30 aromatic rings. The van der Waals surface area contributed by atoms with E-state index in [1.54, 1.807) is 87.0 Å². The molecule has 0 spiro atoms. The maximum atomic E-state index is 5.95. The number of para-hydroxylation sites is 4.